The number of hydrogen-bond donors (Lipinski definition) is 1. The second-order valence-corrected chi connectivity index (χ2v) is 7.72. The lowest BCUT2D eigenvalue weighted by Gasteiger charge is -2.26. The van der Waals surface area contributed by atoms with Crippen molar-refractivity contribution in [1.82, 2.24) is 19.8 Å². The van der Waals surface area contributed by atoms with Crippen molar-refractivity contribution in [1.29, 1.82) is 0 Å². The second kappa shape index (κ2) is 6.74. The van der Waals surface area contributed by atoms with E-state index in [1.807, 2.05) is 10.6 Å². The van der Waals surface area contributed by atoms with E-state index in [2.05, 4.69) is 65.7 Å². The molecule has 5 rings (SSSR count). The van der Waals surface area contributed by atoms with E-state index in [0.29, 0.717) is 0 Å². The van der Waals surface area contributed by atoms with Crippen LogP contribution >= 0.6 is 0 Å². The van der Waals surface area contributed by atoms with E-state index in [4.69, 9.17) is 5.10 Å². The third kappa shape index (κ3) is 2.98. The van der Waals surface area contributed by atoms with Crippen LogP contribution in [-0.4, -0.2) is 32.9 Å². The van der Waals surface area contributed by atoms with Crippen LogP contribution in [0.25, 0.3) is 27.7 Å². The minimum absolute atomic E-state index is 0.843. The average molecular weight is 358 g/mol. The summed E-state index contributed by atoms with van der Waals surface area (Å²) in [5.74, 6) is 1.80. The van der Waals surface area contributed by atoms with Gasteiger partial charge in [-0.2, -0.15) is 9.61 Å². The van der Waals surface area contributed by atoms with Gasteiger partial charge in [-0.3, -0.25) is 0 Å². The number of nitrogens with zero attached hydrogens (tertiary/aromatic N) is 4. The minimum atomic E-state index is 0.843. The highest BCUT2D eigenvalue weighted by atomic mass is 15.4. The summed E-state index contributed by atoms with van der Waals surface area (Å²) < 4.78 is 1.97. The fourth-order valence-electron chi connectivity index (χ4n) is 4.11. The number of piperidine rings is 1. The Morgan fingerprint density at radius 3 is 2.41 bits per heavy atom. The van der Waals surface area contributed by atoms with Crippen molar-refractivity contribution in [3.8, 4) is 11.3 Å². The van der Waals surface area contributed by atoms with Crippen LogP contribution in [0.1, 0.15) is 25.6 Å². The molecular weight excluding hydrogens is 334 g/mol. The van der Waals surface area contributed by atoms with E-state index in [9.17, 15) is 0 Å². The molecule has 0 spiro atoms. The predicted molar refractivity (Wildman–Crippen MR) is 107 cm³/mol. The Morgan fingerprint density at radius 2 is 1.63 bits per heavy atom. The molecule has 0 amide bonds. The first-order chi connectivity index (χ1) is 13.3. The van der Waals surface area contributed by atoms with E-state index >= 15 is 0 Å². The molecule has 1 fully saturated rings. The molecule has 0 aliphatic carbocycles. The van der Waals surface area contributed by atoms with Gasteiger partial charge in [-0.25, -0.2) is 0 Å². The van der Waals surface area contributed by atoms with E-state index in [1.54, 1.807) is 4.90 Å². The number of quaternary nitrogens is 1. The zero-order valence-corrected chi connectivity index (χ0v) is 15.6. The van der Waals surface area contributed by atoms with Gasteiger partial charge in [0.2, 0.25) is 5.82 Å². The molecule has 1 aliphatic heterocycles. The molecule has 1 saturated heterocycles. The summed E-state index contributed by atoms with van der Waals surface area (Å²) in [6, 6.07) is 18.7. The molecule has 2 aromatic heterocycles. The first kappa shape index (κ1) is 16.4. The number of likely N-dealkylation sites (tertiary alicyclic amines) is 1. The zero-order valence-electron chi connectivity index (χ0n) is 15.6. The molecule has 1 aliphatic rings. The molecule has 0 saturated carbocycles. The van der Waals surface area contributed by atoms with Crippen LogP contribution in [-0.2, 0) is 6.54 Å². The molecule has 1 N–H and O–H groups in total. The number of benzene rings is 2. The lowest BCUT2D eigenvalue weighted by atomic mass is 9.99. The molecule has 4 aromatic rings. The van der Waals surface area contributed by atoms with Crippen molar-refractivity contribution in [2.24, 2.45) is 5.92 Å². The van der Waals surface area contributed by atoms with Gasteiger partial charge in [0.05, 0.1) is 18.8 Å². The molecule has 136 valence electrons. The first-order valence-corrected chi connectivity index (χ1v) is 9.81. The lowest BCUT2D eigenvalue weighted by molar-refractivity contribution is -0.920. The summed E-state index contributed by atoms with van der Waals surface area (Å²) in [4.78, 5) is 1.58. The van der Waals surface area contributed by atoms with Crippen LogP contribution in [0.4, 0.5) is 0 Å². The van der Waals surface area contributed by atoms with Crippen LogP contribution in [0.3, 0.4) is 0 Å². The van der Waals surface area contributed by atoms with Crippen LogP contribution in [0, 0.1) is 5.92 Å². The molecule has 0 atom stereocenters. The highest BCUT2D eigenvalue weighted by Gasteiger charge is 2.22. The molecule has 0 radical (unpaired) electrons. The average Bonchev–Trinajstić information content (AvgIpc) is 3.13. The van der Waals surface area contributed by atoms with E-state index in [1.165, 1.54) is 25.9 Å². The standard InChI is InChI=1S/C22H23N5/c1-16-11-13-26(14-12-16)15-20-23-24-22-19-10-6-5-9-18(19)21(25-27(20)22)17-7-3-2-4-8-17/h2-10,16H,11-15H2,1H3/p+1. The lowest BCUT2D eigenvalue weighted by Crippen LogP contribution is -3.11. The van der Waals surface area contributed by atoms with Gasteiger partial charge in [0.25, 0.3) is 0 Å². The predicted octanol–water partition coefficient (Wildman–Crippen LogP) is 2.76. The van der Waals surface area contributed by atoms with Crippen molar-refractivity contribution in [2.75, 3.05) is 13.1 Å². The van der Waals surface area contributed by atoms with Gasteiger partial charge < -0.3 is 4.90 Å². The van der Waals surface area contributed by atoms with Gasteiger partial charge in [-0.15, -0.1) is 10.2 Å². The summed E-state index contributed by atoms with van der Waals surface area (Å²) in [5, 5.41) is 16.2. The second-order valence-electron chi connectivity index (χ2n) is 7.72. The van der Waals surface area contributed by atoms with Crippen LogP contribution in [0.15, 0.2) is 54.6 Å². The molecule has 27 heavy (non-hydrogen) atoms. The SMILES string of the molecule is CC1CC[NH+](Cc2nnc3c4ccccc4c(-c4ccccc4)nn23)CC1. The summed E-state index contributed by atoms with van der Waals surface area (Å²) in [7, 11) is 0. The highest BCUT2D eigenvalue weighted by Crippen LogP contribution is 2.28. The maximum Gasteiger partial charge on any atom is 0.209 e. The summed E-state index contributed by atoms with van der Waals surface area (Å²) in [6.45, 7) is 5.64. The Morgan fingerprint density at radius 1 is 0.926 bits per heavy atom. The highest BCUT2D eigenvalue weighted by molar-refractivity contribution is 6.01. The van der Waals surface area contributed by atoms with Crippen LogP contribution in [0.5, 0.6) is 0 Å². The maximum atomic E-state index is 4.99. The first-order valence-electron chi connectivity index (χ1n) is 9.81. The van der Waals surface area contributed by atoms with Gasteiger partial charge in [-0.1, -0.05) is 61.5 Å². The topological polar surface area (TPSA) is 47.5 Å². The van der Waals surface area contributed by atoms with Crippen molar-refractivity contribution in [3.05, 3.63) is 60.4 Å². The summed E-state index contributed by atoms with van der Waals surface area (Å²) in [5.41, 5.74) is 2.96. The Bertz CT molecular complexity index is 1080. The zero-order chi connectivity index (χ0) is 18.2. The Balaban J connectivity index is 1.64. The van der Waals surface area contributed by atoms with Crippen LogP contribution in [0.2, 0.25) is 0 Å². The number of fused-ring (bicyclic) bond motifs is 3. The van der Waals surface area contributed by atoms with Gasteiger partial charge in [-0.05, 0) is 18.8 Å². The molecule has 0 unspecified atom stereocenters. The molecular formula is C22H24N5+. The number of aromatic nitrogens is 4. The van der Waals surface area contributed by atoms with Gasteiger partial charge in [0.1, 0.15) is 6.54 Å². The third-order valence-corrected chi connectivity index (χ3v) is 5.77. The fraction of sp³-hybridized carbons (Fsp3) is 0.318. The van der Waals surface area contributed by atoms with E-state index < -0.39 is 0 Å². The fourth-order valence-corrected chi connectivity index (χ4v) is 4.11. The largest absolute Gasteiger partial charge is 0.328 e. The maximum absolute atomic E-state index is 4.99. The molecule has 5 nitrogen and oxygen atoms in total. The van der Waals surface area contributed by atoms with Gasteiger partial charge in [0, 0.05) is 16.3 Å². The minimum Gasteiger partial charge on any atom is -0.328 e. The van der Waals surface area contributed by atoms with E-state index in [-0.39, 0.29) is 0 Å². The molecule has 2 aromatic carbocycles. The molecule has 0 bridgehead atoms. The Hall–Kier alpha value is -2.79. The molecule has 3 heterocycles. The van der Waals surface area contributed by atoms with Crippen molar-refractivity contribution < 1.29 is 4.90 Å². The normalized spacial score (nSPS) is 20.3. The number of hydrogen-bond acceptors (Lipinski definition) is 3. The van der Waals surface area contributed by atoms with Crippen molar-refractivity contribution >= 4 is 16.4 Å². The quantitative estimate of drug-likeness (QED) is 0.613. The van der Waals surface area contributed by atoms with E-state index in [0.717, 1.165) is 46.0 Å². The third-order valence-electron chi connectivity index (χ3n) is 5.77. The Labute approximate surface area is 158 Å². The number of rotatable bonds is 3. The Kier molecular flexibility index (Phi) is 4.09. The smallest absolute Gasteiger partial charge is 0.209 e. The summed E-state index contributed by atoms with van der Waals surface area (Å²) in [6.07, 6.45) is 2.58. The van der Waals surface area contributed by atoms with Crippen molar-refractivity contribution in [2.45, 2.75) is 26.3 Å². The van der Waals surface area contributed by atoms with Gasteiger partial charge >= 0.3 is 0 Å². The van der Waals surface area contributed by atoms with Gasteiger partial charge in [0.15, 0.2) is 5.65 Å². The monoisotopic (exact) mass is 358 g/mol. The summed E-state index contributed by atoms with van der Waals surface area (Å²) >= 11 is 0. The number of nitrogens with one attached hydrogen (secondary N) is 1. The van der Waals surface area contributed by atoms with Crippen LogP contribution < -0.4 is 4.90 Å². The molecule has 5 heteroatoms. The van der Waals surface area contributed by atoms with Crippen molar-refractivity contribution in [3.63, 3.8) is 0 Å².